The lowest BCUT2D eigenvalue weighted by atomic mass is 9.95. The van der Waals surface area contributed by atoms with Crippen LogP contribution in [-0.4, -0.2) is 42.5 Å². The molecule has 1 aliphatic carbocycles. The predicted molar refractivity (Wildman–Crippen MR) is 68.7 cm³/mol. The molecule has 0 aromatic carbocycles. The number of rotatable bonds is 3. The first-order chi connectivity index (χ1) is 8.24. The van der Waals surface area contributed by atoms with Crippen molar-refractivity contribution in [3.05, 3.63) is 0 Å². The average molecular weight is 239 g/mol. The fourth-order valence-electron chi connectivity index (χ4n) is 2.83. The van der Waals surface area contributed by atoms with Crippen LogP contribution in [0.5, 0.6) is 0 Å². The number of hydrogen-bond acceptors (Lipinski definition) is 3. The molecule has 2 rings (SSSR count). The molecule has 1 heterocycles. The van der Waals surface area contributed by atoms with Crippen LogP contribution >= 0.6 is 0 Å². The van der Waals surface area contributed by atoms with E-state index in [2.05, 4.69) is 10.2 Å². The SMILES string of the molecule is NC1CCN(CC(=O)NC2CCCCC2)CC1. The van der Waals surface area contributed by atoms with Crippen molar-refractivity contribution < 1.29 is 4.79 Å². The Hall–Kier alpha value is -0.610. The smallest absolute Gasteiger partial charge is 0.234 e. The van der Waals surface area contributed by atoms with Crippen molar-refractivity contribution in [2.75, 3.05) is 19.6 Å². The van der Waals surface area contributed by atoms with Gasteiger partial charge >= 0.3 is 0 Å². The number of likely N-dealkylation sites (tertiary alicyclic amines) is 1. The highest BCUT2D eigenvalue weighted by atomic mass is 16.2. The van der Waals surface area contributed by atoms with Gasteiger partial charge < -0.3 is 11.1 Å². The van der Waals surface area contributed by atoms with Gasteiger partial charge in [0.15, 0.2) is 0 Å². The van der Waals surface area contributed by atoms with E-state index in [0.29, 0.717) is 18.6 Å². The highest BCUT2D eigenvalue weighted by Crippen LogP contribution is 2.17. The van der Waals surface area contributed by atoms with E-state index < -0.39 is 0 Å². The molecule has 1 saturated heterocycles. The molecule has 2 fully saturated rings. The molecular formula is C13H25N3O. The Morgan fingerprint density at radius 3 is 2.41 bits per heavy atom. The number of carbonyl (C=O) groups is 1. The van der Waals surface area contributed by atoms with Crippen LogP contribution in [0.3, 0.4) is 0 Å². The summed E-state index contributed by atoms with van der Waals surface area (Å²) in [7, 11) is 0. The number of nitrogens with zero attached hydrogens (tertiary/aromatic N) is 1. The minimum atomic E-state index is 0.201. The Bertz CT molecular complexity index is 243. The van der Waals surface area contributed by atoms with Gasteiger partial charge in [0.1, 0.15) is 0 Å². The lowest BCUT2D eigenvalue weighted by molar-refractivity contribution is -0.123. The number of carbonyl (C=O) groups excluding carboxylic acids is 1. The molecule has 1 saturated carbocycles. The normalized spacial score (nSPS) is 24.8. The third-order valence-electron chi connectivity index (χ3n) is 3.97. The van der Waals surface area contributed by atoms with E-state index in [1.807, 2.05) is 0 Å². The monoisotopic (exact) mass is 239 g/mol. The molecule has 0 unspecified atom stereocenters. The molecule has 0 aromatic rings. The average Bonchev–Trinajstić information content (AvgIpc) is 2.33. The zero-order valence-electron chi connectivity index (χ0n) is 10.7. The fourth-order valence-corrected chi connectivity index (χ4v) is 2.83. The summed E-state index contributed by atoms with van der Waals surface area (Å²) in [6.07, 6.45) is 8.24. The van der Waals surface area contributed by atoms with Crippen LogP contribution in [0.4, 0.5) is 0 Å². The summed E-state index contributed by atoms with van der Waals surface area (Å²) in [5.41, 5.74) is 5.85. The molecule has 4 heteroatoms. The Labute approximate surface area is 104 Å². The van der Waals surface area contributed by atoms with Crippen LogP contribution < -0.4 is 11.1 Å². The van der Waals surface area contributed by atoms with Crippen LogP contribution in [-0.2, 0) is 4.79 Å². The topological polar surface area (TPSA) is 58.4 Å². The fraction of sp³-hybridized carbons (Fsp3) is 0.923. The largest absolute Gasteiger partial charge is 0.352 e. The van der Waals surface area contributed by atoms with Gasteiger partial charge in [-0.2, -0.15) is 0 Å². The van der Waals surface area contributed by atoms with Gasteiger partial charge in [-0.1, -0.05) is 19.3 Å². The molecule has 0 aromatic heterocycles. The van der Waals surface area contributed by atoms with Gasteiger partial charge in [0.05, 0.1) is 6.54 Å². The molecule has 0 spiro atoms. The molecule has 2 aliphatic rings. The summed E-state index contributed by atoms with van der Waals surface area (Å²) in [6.45, 7) is 2.50. The Morgan fingerprint density at radius 2 is 1.76 bits per heavy atom. The first-order valence-corrected chi connectivity index (χ1v) is 7.01. The summed E-state index contributed by atoms with van der Waals surface area (Å²) in [6, 6.07) is 0.774. The van der Waals surface area contributed by atoms with E-state index in [0.717, 1.165) is 38.8 Å². The number of nitrogens with one attached hydrogen (secondary N) is 1. The van der Waals surface area contributed by atoms with Gasteiger partial charge in [0, 0.05) is 25.2 Å². The molecule has 3 N–H and O–H groups in total. The minimum Gasteiger partial charge on any atom is -0.352 e. The molecule has 17 heavy (non-hydrogen) atoms. The van der Waals surface area contributed by atoms with E-state index in [-0.39, 0.29) is 5.91 Å². The zero-order valence-corrected chi connectivity index (χ0v) is 10.7. The molecule has 1 aliphatic heterocycles. The molecule has 0 radical (unpaired) electrons. The first kappa shape index (κ1) is 12.8. The number of piperidine rings is 1. The summed E-state index contributed by atoms with van der Waals surface area (Å²) >= 11 is 0. The van der Waals surface area contributed by atoms with Crippen molar-refractivity contribution in [2.45, 2.75) is 57.0 Å². The Morgan fingerprint density at radius 1 is 1.12 bits per heavy atom. The predicted octanol–water partition coefficient (Wildman–Crippen LogP) is 0.858. The van der Waals surface area contributed by atoms with Crippen LogP contribution in [0.1, 0.15) is 44.9 Å². The van der Waals surface area contributed by atoms with Crippen molar-refractivity contribution in [3.63, 3.8) is 0 Å². The zero-order chi connectivity index (χ0) is 12.1. The van der Waals surface area contributed by atoms with Gasteiger partial charge in [0.25, 0.3) is 0 Å². The van der Waals surface area contributed by atoms with E-state index in [1.165, 1.54) is 19.3 Å². The van der Waals surface area contributed by atoms with Gasteiger partial charge in [-0.3, -0.25) is 9.69 Å². The van der Waals surface area contributed by atoms with Crippen molar-refractivity contribution in [1.82, 2.24) is 10.2 Å². The van der Waals surface area contributed by atoms with Gasteiger partial charge in [0.2, 0.25) is 5.91 Å². The molecule has 0 atom stereocenters. The van der Waals surface area contributed by atoms with Crippen LogP contribution in [0.25, 0.3) is 0 Å². The van der Waals surface area contributed by atoms with Crippen molar-refractivity contribution in [3.8, 4) is 0 Å². The molecular weight excluding hydrogens is 214 g/mol. The first-order valence-electron chi connectivity index (χ1n) is 7.01. The van der Waals surface area contributed by atoms with E-state index in [9.17, 15) is 4.79 Å². The summed E-state index contributed by atoms with van der Waals surface area (Å²) < 4.78 is 0. The lowest BCUT2D eigenvalue weighted by Gasteiger charge is -2.30. The molecule has 98 valence electrons. The quantitative estimate of drug-likeness (QED) is 0.768. The van der Waals surface area contributed by atoms with Crippen molar-refractivity contribution >= 4 is 5.91 Å². The second-order valence-corrected chi connectivity index (χ2v) is 5.52. The summed E-state index contributed by atoms with van der Waals surface area (Å²) in [5, 5.41) is 3.17. The van der Waals surface area contributed by atoms with E-state index >= 15 is 0 Å². The van der Waals surface area contributed by atoms with Gasteiger partial charge in [-0.05, 0) is 25.7 Å². The highest BCUT2D eigenvalue weighted by Gasteiger charge is 2.20. The van der Waals surface area contributed by atoms with Gasteiger partial charge in [-0.25, -0.2) is 0 Å². The summed E-state index contributed by atoms with van der Waals surface area (Å²) in [4.78, 5) is 14.1. The van der Waals surface area contributed by atoms with Crippen LogP contribution in [0.2, 0.25) is 0 Å². The lowest BCUT2D eigenvalue weighted by Crippen LogP contribution is -2.46. The minimum absolute atomic E-state index is 0.201. The maximum atomic E-state index is 11.9. The van der Waals surface area contributed by atoms with E-state index in [1.54, 1.807) is 0 Å². The molecule has 0 bridgehead atoms. The third kappa shape index (κ3) is 4.28. The maximum absolute atomic E-state index is 11.9. The maximum Gasteiger partial charge on any atom is 0.234 e. The Kier molecular flexibility index (Phi) is 4.80. The second kappa shape index (κ2) is 6.36. The van der Waals surface area contributed by atoms with E-state index in [4.69, 9.17) is 5.73 Å². The molecule has 1 amide bonds. The van der Waals surface area contributed by atoms with Gasteiger partial charge in [-0.15, -0.1) is 0 Å². The van der Waals surface area contributed by atoms with Crippen molar-refractivity contribution in [1.29, 1.82) is 0 Å². The number of nitrogens with two attached hydrogens (primary N) is 1. The number of amides is 1. The van der Waals surface area contributed by atoms with Crippen LogP contribution in [0.15, 0.2) is 0 Å². The standard InChI is InChI=1S/C13H25N3O/c14-11-6-8-16(9-7-11)10-13(17)15-12-4-2-1-3-5-12/h11-12H,1-10,14H2,(H,15,17). The third-order valence-corrected chi connectivity index (χ3v) is 3.97. The Balaban J connectivity index is 1.66. The summed E-state index contributed by atoms with van der Waals surface area (Å²) in [5.74, 6) is 0.201. The molecule has 4 nitrogen and oxygen atoms in total. The van der Waals surface area contributed by atoms with Crippen LogP contribution in [0, 0.1) is 0 Å². The second-order valence-electron chi connectivity index (χ2n) is 5.52. The van der Waals surface area contributed by atoms with Crippen molar-refractivity contribution in [2.24, 2.45) is 5.73 Å². The highest BCUT2D eigenvalue weighted by molar-refractivity contribution is 5.78. The number of hydrogen-bond donors (Lipinski definition) is 2.